The van der Waals surface area contributed by atoms with Crippen molar-refractivity contribution >= 4 is 17.8 Å². The van der Waals surface area contributed by atoms with Gasteiger partial charge in [0, 0.05) is 0 Å². The predicted octanol–water partition coefficient (Wildman–Crippen LogP) is 0.271. The minimum absolute atomic E-state index is 0.0772. The summed E-state index contributed by atoms with van der Waals surface area (Å²) in [5.41, 5.74) is -0.802. The summed E-state index contributed by atoms with van der Waals surface area (Å²) in [7, 11) is 0. The molecule has 110 valence electrons. The summed E-state index contributed by atoms with van der Waals surface area (Å²) in [6.07, 6.45) is -3.39. The Morgan fingerprint density at radius 3 is 2.47 bits per heavy atom. The Balaban J connectivity index is 1.85. The first kappa shape index (κ1) is 14.7. The van der Waals surface area contributed by atoms with Crippen molar-refractivity contribution in [3.05, 3.63) is 0 Å². The first-order valence-electron chi connectivity index (χ1n) is 5.56. The van der Waals surface area contributed by atoms with Crippen LogP contribution in [0.2, 0.25) is 0 Å². The summed E-state index contributed by atoms with van der Waals surface area (Å²) in [5.74, 6) is 0. The number of nitrogens with zero attached hydrogens (tertiary/aromatic N) is 1. The summed E-state index contributed by atoms with van der Waals surface area (Å²) >= 11 is 5.48. The Labute approximate surface area is 113 Å². The van der Waals surface area contributed by atoms with Crippen LogP contribution in [-0.2, 0) is 23.8 Å². The van der Waals surface area contributed by atoms with Gasteiger partial charge in [0.15, 0.2) is 11.7 Å². The number of ether oxygens (including phenoxy) is 4. The molecule has 0 amide bonds. The van der Waals surface area contributed by atoms with Crippen LogP contribution >= 0.6 is 11.6 Å². The molecule has 2 aliphatic rings. The lowest BCUT2D eigenvalue weighted by Crippen LogP contribution is -2.37. The second-order valence-electron chi connectivity index (χ2n) is 4.06. The number of carbonyl (C=O) groups excluding carboxylic acids is 1. The Bertz CT molecular complexity index is 327. The highest BCUT2D eigenvalue weighted by Gasteiger charge is 2.51. The Kier molecular flexibility index (Phi) is 4.79. The van der Waals surface area contributed by atoms with E-state index in [1.807, 2.05) is 0 Å². The Morgan fingerprint density at radius 2 is 1.89 bits per heavy atom. The van der Waals surface area contributed by atoms with Gasteiger partial charge in [-0.2, -0.15) is 0 Å². The van der Waals surface area contributed by atoms with Crippen molar-refractivity contribution < 1.29 is 39.0 Å². The second kappa shape index (κ2) is 6.18. The monoisotopic (exact) mass is 299 g/mol. The third-order valence-electron chi connectivity index (χ3n) is 2.70. The van der Waals surface area contributed by atoms with E-state index >= 15 is 0 Å². The molecular formula is C9H14ClNO8. The van der Waals surface area contributed by atoms with Crippen molar-refractivity contribution in [2.45, 2.75) is 36.9 Å². The SMILES string of the molecule is C[C@@H](Cl)OC(=O)O[C@H]1CO[C@H]2[C@@H]1OC[C@H]2ON(O)O. The van der Waals surface area contributed by atoms with Crippen molar-refractivity contribution in [2.24, 2.45) is 0 Å². The highest BCUT2D eigenvalue weighted by molar-refractivity contribution is 6.19. The van der Waals surface area contributed by atoms with Crippen LogP contribution in [0.4, 0.5) is 4.79 Å². The molecule has 19 heavy (non-hydrogen) atoms. The highest BCUT2D eigenvalue weighted by Crippen LogP contribution is 2.30. The molecule has 2 aliphatic heterocycles. The zero-order valence-corrected chi connectivity index (χ0v) is 10.7. The number of hydrogen-bond acceptors (Lipinski definition) is 9. The molecule has 10 heteroatoms. The first-order valence-corrected chi connectivity index (χ1v) is 6.00. The van der Waals surface area contributed by atoms with Crippen LogP contribution in [-0.4, -0.2) is 65.2 Å². The van der Waals surface area contributed by atoms with Crippen molar-refractivity contribution in [1.29, 1.82) is 0 Å². The van der Waals surface area contributed by atoms with Crippen LogP contribution in [0.5, 0.6) is 0 Å². The summed E-state index contributed by atoms with van der Waals surface area (Å²) in [4.78, 5) is 15.9. The predicted molar refractivity (Wildman–Crippen MR) is 56.4 cm³/mol. The maximum absolute atomic E-state index is 11.3. The fraction of sp³-hybridized carbons (Fsp3) is 0.889. The molecule has 0 aromatic heterocycles. The summed E-state index contributed by atoms with van der Waals surface area (Å²) < 4.78 is 20.3. The zero-order valence-electron chi connectivity index (χ0n) is 9.97. The van der Waals surface area contributed by atoms with Gasteiger partial charge in [-0.05, 0) is 6.92 Å². The molecular weight excluding hydrogens is 286 g/mol. The number of carbonyl (C=O) groups is 1. The quantitative estimate of drug-likeness (QED) is 0.429. The van der Waals surface area contributed by atoms with Crippen LogP contribution in [0.15, 0.2) is 0 Å². The molecule has 0 unspecified atom stereocenters. The van der Waals surface area contributed by atoms with Crippen LogP contribution in [0.25, 0.3) is 0 Å². The third kappa shape index (κ3) is 3.66. The highest BCUT2D eigenvalue weighted by atomic mass is 35.5. The molecule has 2 rings (SSSR count). The van der Waals surface area contributed by atoms with E-state index in [4.69, 9.17) is 36.2 Å². The first-order chi connectivity index (χ1) is 8.97. The van der Waals surface area contributed by atoms with Crippen molar-refractivity contribution in [2.75, 3.05) is 13.2 Å². The van der Waals surface area contributed by atoms with E-state index in [1.165, 1.54) is 6.92 Å². The maximum atomic E-state index is 11.3. The van der Waals surface area contributed by atoms with Crippen LogP contribution in [0, 0.1) is 0 Å². The Morgan fingerprint density at radius 1 is 1.32 bits per heavy atom. The lowest BCUT2D eigenvalue weighted by atomic mass is 10.1. The molecule has 0 aromatic rings. The minimum Gasteiger partial charge on any atom is -0.426 e. The van der Waals surface area contributed by atoms with Gasteiger partial charge in [0.1, 0.15) is 18.3 Å². The van der Waals surface area contributed by atoms with E-state index < -0.39 is 41.5 Å². The molecule has 0 bridgehead atoms. The lowest BCUT2D eigenvalue weighted by Gasteiger charge is -2.17. The molecule has 2 saturated heterocycles. The number of rotatable bonds is 4. The van der Waals surface area contributed by atoms with Crippen LogP contribution in [0.3, 0.4) is 0 Å². The van der Waals surface area contributed by atoms with Crippen molar-refractivity contribution in [1.82, 2.24) is 5.39 Å². The molecule has 2 fully saturated rings. The fourth-order valence-electron chi connectivity index (χ4n) is 2.03. The van der Waals surface area contributed by atoms with Gasteiger partial charge in [0.2, 0.25) is 0 Å². The molecule has 0 aromatic carbocycles. The summed E-state index contributed by atoms with van der Waals surface area (Å²) in [5, 5.41) is 16.8. The molecule has 9 nitrogen and oxygen atoms in total. The van der Waals surface area contributed by atoms with Gasteiger partial charge in [-0.15, -0.1) is 0 Å². The van der Waals surface area contributed by atoms with E-state index in [2.05, 4.69) is 9.57 Å². The molecule has 2 N–H and O–H groups in total. The van der Waals surface area contributed by atoms with Crippen molar-refractivity contribution in [3.63, 3.8) is 0 Å². The van der Waals surface area contributed by atoms with Crippen LogP contribution < -0.4 is 0 Å². The van der Waals surface area contributed by atoms with Crippen molar-refractivity contribution in [3.8, 4) is 0 Å². The normalized spacial score (nSPS) is 35.2. The molecule has 5 atom stereocenters. The molecule has 0 aliphatic carbocycles. The zero-order chi connectivity index (χ0) is 14.0. The lowest BCUT2D eigenvalue weighted by molar-refractivity contribution is -0.507. The molecule has 0 radical (unpaired) electrons. The van der Waals surface area contributed by atoms with Gasteiger partial charge in [0.25, 0.3) is 0 Å². The van der Waals surface area contributed by atoms with E-state index in [0.29, 0.717) is 0 Å². The largest absolute Gasteiger partial charge is 0.510 e. The summed E-state index contributed by atoms with van der Waals surface area (Å²) in [6.45, 7) is 1.65. The smallest absolute Gasteiger partial charge is 0.426 e. The third-order valence-corrected chi connectivity index (χ3v) is 2.79. The van der Waals surface area contributed by atoms with E-state index in [-0.39, 0.29) is 13.2 Å². The number of hydrogen-bond donors (Lipinski definition) is 2. The standard InChI is InChI=1S/C9H14ClNO8/c1-4(10)17-9(12)18-5-2-15-8-6(19-11(13)14)3-16-7(5)8/h4-8,13-14H,2-3H2,1H3/t4-,5-,6+,7+,8+/m0/s1. The van der Waals surface area contributed by atoms with Gasteiger partial charge in [-0.25, -0.2) is 9.63 Å². The second-order valence-corrected chi connectivity index (χ2v) is 4.67. The summed E-state index contributed by atoms with van der Waals surface area (Å²) in [6, 6.07) is 0. The minimum atomic E-state index is -0.921. The van der Waals surface area contributed by atoms with E-state index in [1.54, 1.807) is 0 Å². The average molecular weight is 300 g/mol. The topological polar surface area (TPSA) is 107 Å². The van der Waals surface area contributed by atoms with Gasteiger partial charge >= 0.3 is 6.16 Å². The van der Waals surface area contributed by atoms with E-state index in [9.17, 15) is 4.79 Å². The van der Waals surface area contributed by atoms with Gasteiger partial charge in [-0.3, -0.25) is 10.4 Å². The molecule has 0 saturated carbocycles. The molecule has 0 spiro atoms. The fourth-order valence-corrected chi connectivity index (χ4v) is 2.10. The number of fused-ring (bicyclic) bond motifs is 1. The Hall–Kier alpha value is -0.680. The van der Waals surface area contributed by atoms with Gasteiger partial charge in [0.05, 0.1) is 18.6 Å². The maximum Gasteiger partial charge on any atom is 0.510 e. The number of alkyl halides is 1. The van der Waals surface area contributed by atoms with Gasteiger partial charge < -0.3 is 18.9 Å². The van der Waals surface area contributed by atoms with Gasteiger partial charge in [-0.1, -0.05) is 11.6 Å². The number of halogens is 1. The average Bonchev–Trinajstić information content (AvgIpc) is 2.81. The van der Waals surface area contributed by atoms with Crippen LogP contribution in [0.1, 0.15) is 6.92 Å². The molecule has 2 heterocycles. The van der Waals surface area contributed by atoms with E-state index in [0.717, 1.165) is 0 Å².